The normalized spacial score (nSPS) is 24.4. The predicted molar refractivity (Wildman–Crippen MR) is 98.8 cm³/mol. The highest BCUT2D eigenvalue weighted by atomic mass is 35.5. The maximum Gasteiger partial charge on any atom is 0.237 e. The van der Waals surface area contributed by atoms with Crippen LogP contribution in [0.25, 0.3) is 0 Å². The zero-order valence-corrected chi connectivity index (χ0v) is 15.5. The molecule has 0 unspecified atom stereocenters. The highest BCUT2D eigenvalue weighted by Gasteiger charge is 2.25. The number of carbonyl (C=O) groups is 1. The Morgan fingerprint density at radius 1 is 1.12 bits per heavy atom. The Balaban J connectivity index is 1.35. The van der Waals surface area contributed by atoms with Gasteiger partial charge in [-0.15, -0.1) is 0 Å². The largest absolute Gasteiger partial charge is 0.291 e. The second kappa shape index (κ2) is 9.00. The highest BCUT2D eigenvalue weighted by Crippen LogP contribution is 2.40. The van der Waals surface area contributed by atoms with E-state index < -0.39 is 0 Å². The van der Waals surface area contributed by atoms with Gasteiger partial charge in [0.05, 0.1) is 5.02 Å². The van der Waals surface area contributed by atoms with E-state index in [0.29, 0.717) is 16.9 Å². The first kappa shape index (κ1) is 18.7. The van der Waals surface area contributed by atoms with Crippen LogP contribution in [0.1, 0.15) is 69.3 Å². The Kier molecular flexibility index (Phi) is 6.71. The predicted octanol–water partition coefficient (Wildman–Crippen LogP) is 4.95. The van der Waals surface area contributed by atoms with Gasteiger partial charge in [0.1, 0.15) is 5.82 Å². The minimum atomic E-state index is -0.316. The van der Waals surface area contributed by atoms with Gasteiger partial charge in [0, 0.05) is 12.5 Å². The molecule has 0 saturated heterocycles. The molecule has 0 spiro atoms. The topological polar surface area (TPSA) is 41.1 Å². The van der Waals surface area contributed by atoms with E-state index in [1.807, 2.05) is 6.07 Å². The summed E-state index contributed by atoms with van der Waals surface area (Å²) in [5, 5.41) is 0.294. The van der Waals surface area contributed by atoms with E-state index >= 15 is 0 Å². The molecule has 0 heterocycles. The van der Waals surface area contributed by atoms with Crippen LogP contribution in [0, 0.1) is 17.7 Å². The lowest BCUT2D eigenvalue weighted by Crippen LogP contribution is -2.41. The molecule has 0 bridgehead atoms. The SMILES string of the molecule is O=C(NNCCC1CCC(c2cccc(F)c2Cl)CC1)C1CCCC1. The number of halogens is 2. The number of amides is 1. The lowest BCUT2D eigenvalue weighted by molar-refractivity contribution is -0.125. The van der Waals surface area contributed by atoms with Gasteiger partial charge in [0.25, 0.3) is 0 Å². The molecule has 1 aromatic carbocycles. The van der Waals surface area contributed by atoms with Gasteiger partial charge in [-0.2, -0.15) is 0 Å². The molecule has 0 aliphatic heterocycles. The zero-order valence-electron chi connectivity index (χ0n) is 14.7. The first-order chi connectivity index (χ1) is 12.1. The monoisotopic (exact) mass is 366 g/mol. The molecule has 2 aliphatic carbocycles. The Morgan fingerprint density at radius 2 is 1.84 bits per heavy atom. The minimum absolute atomic E-state index is 0.155. The van der Waals surface area contributed by atoms with Crippen molar-refractivity contribution in [1.29, 1.82) is 0 Å². The molecular formula is C20H28ClFN2O. The molecule has 0 atom stereocenters. The van der Waals surface area contributed by atoms with Gasteiger partial charge in [0.15, 0.2) is 0 Å². The molecule has 1 aromatic rings. The minimum Gasteiger partial charge on any atom is -0.291 e. The maximum absolute atomic E-state index is 13.6. The van der Waals surface area contributed by atoms with Crippen molar-refractivity contribution in [2.45, 2.75) is 63.7 Å². The van der Waals surface area contributed by atoms with Crippen LogP contribution in [0.2, 0.25) is 5.02 Å². The lowest BCUT2D eigenvalue weighted by Gasteiger charge is -2.29. The Morgan fingerprint density at radius 3 is 2.56 bits per heavy atom. The van der Waals surface area contributed by atoms with Gasteiger partial charge in [-0.25, -0.2) is 9.82 Å². The first-order valence-corrected chi connectivity index (χ1v) is 9.99. The van der Waals surface area contributed by atoms with Crippen molar-refractivity contribution in [3.63, 3.8) is 0 Å². The van der Waals surface area contributed by atoms with Crippen molar-refractivity contribution in [1.82, 2.24) is 10.9 Å². The summed E-state index contributed by atoms with van der Waals surface area (Å²) < 4.78 is 13.6. The summed E-state index contributed by atoms with van der Waals surface area (Å²) in [7, 11) is 0. The second-order valence-corrected chi connectivity index (χ2v) is 7.92. The Labute approximate surface area is 154 Å². The number of hydrazine groups is 1. The molecule has 3 rings (SSSR count). The maximum atomic E-state index is 13.6. The van der Waals surface area contributed by atoms with Gasteiger partial charge in [-0.05, 0) is 68.4 Å². The van der Waals surface area contributed by atoms with Crippen LogP contribution in [0.15, 0.2) is 18.2 Å². The van der Waals surface area contributed by atoms with Gasteiger partial charge >= 0.3 is 0 Å². The molecule has 2 saturated carbocycles. The van der Waals surface area contributed by atoms with Crippen LogP contribution in [0.5, 0.6) is 0 Å². The molecule has 2 N–H and O–H groups in total. The molecule has 3 nitrogen and oxygen atoms in total. The molecule has 0 aromatic heterocycles. The average Bonchev–Trinajstić information content (AvgIpc) is 3.16. The van der Waals surface area contributed by atoms with Crippen LogP contribution >= 0.6 is 11.6 Å². The van der Waals surface area contributed by atoms with Crippen LogP contribution in [-0.2, 0) is 4.79 Å². The molecule has 5 heteroatoms. The fraction of sp³-hybridized carbons (Fsp3) is 0.650. The number of rotatable bonds is 6. The Hall–Kier alpha value is -1.13. The van der Waals surface area contributed by atoms with E-state index in [1.165, 1.54) is 18.9 Å². The molecule has 1 amide bonds. The van der Waals surface area contributed by atoms with Crippen molar-refractivity contribution < 1.29 is 9.18 Å². The second-order valence-electron chi connectivity index (χ2n) is 7.55. The summed E-state index contributed by atoms with van der Waals surface area (Å²) in [6, 6.07) is 5.12. The van der Waals surface area contributed by atoms with E-state index in [4.69, 9.17) is 11.6 Å². The van der Waals surface area contributed by atoms with Crippen LogP contribution in [0.3, 0.4) is 0 Å². The summed E-state index contributed by atoms with van der Waals surface area (Å²) in [5.74, 6) is 1.08. The average molecular weight is 367 g/mol. The fourth-order valence-corrected chi connectivity index (χ4v) is 4.59. The molecule has 138 valence electrons. The summed E-state index contributed by atoms with van der Waals surface area (Å²) in [5.41, 5.74) is 6.92. The van der Waals surface area contributed by atoms with E-state index in [1.54, 1.807) is 6.07 Å². The summed E-state index contributed by atoms with van der Waals surface area (Å²) in [6.07, 6.45) is 9.86. The number of nitrogens with one attached hydrogen (secondary N) is 2. The van der Waals surface area contributed by atoms with Crippen LogP contribution in [-0.4, -0.2) is 12.5 Å². The van der Waals surface area contributed by atoms with Crippen molar-refractivity contribution in [2.24, 2.45) is 11.8 Å². The summed E-state index contributed by atoms with van der Waals surface area (Å²) >= 11 is 6.12. The smallest absolute Gasteiger partial charge is 0.237 e. The van der Waals surface area contributed by atoms with Gasteiger partial charge in [-0.1, -0.05) is 36.6 Å². The van der Waals surface area contributed by atoms with Crippen molar-refractivity contribution >= 4 is 17.5 Å². The number of carbonyl (C=O) groups excluding carboxylic acids is 1. The zero-order chi connectivity index (χ0) is 17.6. The molecule has 2 fully saturated rings. The van der Waals surface area contributed by atoms with Gasteiger partial charge in [-0.3, -0.25) is 10.2 Å². The Bertz CT molecular complexity index is 581. The molecule has 0 radical (unpaired) electrons. The van der Waals surface area contributed by atoms with Crippen molar-refractivity contribution in [2.75, 3.05) is 6.54 Å². The van der Waals surface area contributed by atoms with Crippen molar-refractivity contribution in [3.05, 3.63) is 34.6 Å². The summed E-state index contributed by atoms with van der Waals surface area (Å²) in [6.45, 7) is 0.814. The van der Waals surface area contributed by atoms with E-state index in [-0.39, 0.29) is 17.6 Å². The first-order valence-electron chi connectivity index (χ1n) is 9.61. The number of hydrogen-bond acceptors (Lipinski definition) is 2. The van der Waals surface area contributed by atoms with Crippen molar-refractivity contribution in [3.8, 4) is 0 Å². The van der Waals surface area contributed by atoms with Crippen LogP contribution < -0.4 is 10.9 Å². The molecule has 2 aliphatic rings. The quantitative estimate of drug-likeness (QED) is 0.552. The number of hydrogen-bond donors (Lipinski definition) is 2. The third kappa shape index (κ3) is 4.95. The lowest BCUT2D eigenvalue weighted by atomic mass is 9.77. The number of benzene rings is 1. The fourth-order valence-electron chi connectivity index (χ4n) is 4.31. The van der Waals surface area contributed by atoms with E-state index in [0.717, 1.165) is 57.1 Å². The van der Waals surface area contributed by atoms with E-state index in [9.17, 15) is 9.18 Å². The standard InChI is InChI=1S/C20H28ClFN2O/c21-19-17(6-3-7-18(19)22)15-10-8-14(9-11-15)12-13-23-24-20(25)16-4-1-2-5-16/h3,6-7,14-16,23H,1-2,4-5,8-13H2,(H,24,25). The third-order valence-corrected chi connectivity index (χ3v) is 6.28. The molecule has 25 heavy (non-hydrogen) atoms. The van der Waals surface area contributed by atoms with Gasteiger partial charge < -0.3 is 0 Å². The van der Waals surface area contributed by atoms with Crippen LogP contribution in [0.4, 0.5) is 4.39 Å². The molecular weight excluding hydrogens is 339 g/mol. The van der Waals surface area contributed by atoms with E-state index in [2.05, 4.69) is 10.9 Å². The summed E-state index contributed by atoms with van der Waals surface area (Å²) in [4.78, 5) is 11.9. The third-order valence-electron chi connectivity index (χ3n) is 5.88. The highest BCUT2D eigenvalue weighted by molar-refractivity contribution is 6.31. The van der Waals surface area contributed by atoms with Gasteiger partial charge in [0.2, 0.25) is 5.91 Å².